The van der Waals surface area contributed by atoms with E-state index in [0.29, 0.717) is 5.56 Å². The smallest absolute Gasteiger partial charge is 0.384 e. The number of nitrogens with one attached hydrogen (secondary N) is 1. The second-order valence-corrected chi connectivity index (χ2v) is 7.77. The highest BCUT2D eigenvalue weighted by atomic mass is 32.2. The predicted molar refractivity (Wildman–Crippen MR) is 82.1 cm³/mol. The molecule has 0 spiro atoms. The van der Waals surface area contributed by atoms with Gasteiger partial charge in [0, 0.05) is 6.54 Å². The zero-order valence-electron chi connectivity index (χ0n) is 12.0. The van der Waals surface area contributed by atoms with Gasteiger partial charge < -0.3 is 10.4 Å². The Hall–Kier alpha value is -1.58. The van der Waals surface area contributed by atoms with Crippen LogP contribution >= 0.6 is 11.3 Å². The molecule has 0 saturated carbocycles. The Morgan fingerprint density at radius 2 is 1.87 bits per heavy atom. The van der Waals surface area contributed by atoms with Crippen LogP contribution in [0.3, 0.4) is 0 Å². The van der Waals surface area contributed by atoms with E-state index in [0.717, 1.165) is 6.07 Å². The first kappa shape index (κ1) is 17.8. The van der Waals surface area contributed by atoms with Crippen molar-refractivity contribution in [3.05, 3.63) is 46.7 Å². The zero-order chi connectivity index (χ0) is 17.3. The lowest BCUT2D eigenvalue weighted by Crippen LogP contribution is -2.31. The number of halogens is 3. The van der Waals surface area contributed by atoms with Gasteiger partial charge in [0.05, 0.1) is 10.6 Å². The van der Waals surface area contributed by atoms with Crippen LogP contribution in [0.15, 0.2) is 46.0 Å². The number of anilines is 1. The molecule has 0 radical (unpaired) electrons. The van der Waals surface area contributed by atoms with Gasteiger partial charge in [-0.05, 0) is 41.4 Å². The Kier molecular flexibility index (Phi) is 4.74. The van der Waals surface area contributed by atoms with Crippen LogP contribution in [0.5, 0.6) is 0 Å². The van der Waals surface area contributed by atoms with Crippen molar-refractivity contribution in [1.29, 1.82) is 0 Å². The molecule has 1 atom stereocenters. The minimum absolute atomic E-state index is 0.145. The summed E-state index contributed by atoms with van der Waals surface area (Å²) in [7, 11) is -5.47. The number of thiophene rings is 1. The van der Waals surface area contributed by atoms with Crippen LogP contribution in [-0.4, -0.2) is 25.6 Å². The predicted octanol–water partition coefficient (Wildman–Crippen LogP) is 3.36. The molecule has 0 saturated heterocycles. The first-order chi connectivity index (χ1) is 10.6. The number of aliphatic hydroxyl groups is 1. The summed E-state index contributed by atoms with van der Waals surface area (Å²) in [6.45, 7) is 1.34. The second-order valence-electron chi connectivity index (χ2n) is 5.08. The average Bonchev–Trinajstić information content (AvgIpc) is 2.99. The Morgan fingerprint density at radius 3 is 2.43 bits per heavy atom. The number of rotatable bonds is 5. The van der Waals surface area contributed by atoms with Gasteiger partial charge in [0.1, 0.15) is 5.60 Å². The quantitative estimate of drug-likeness (QED) is 0.853. The van der Waals surface area contributed by atoms with Crippen LogP contribution in [0.1, 0.15) is 12.5 Å². The molecule has 0 amide bonds. The van der Waals surface area contributed by atoms with E-state index < -0.39 is 25.8 Å². The van der Waals surface area contributed by atoms with Gasteiger partial charge in [0.15, 0.2) is 0 Å². The summed E-state index contributed by atoms with van der Waals surface area (Å²) in [6, 6.07) is 6.41. The summed E-state index contributed by atoms with van der Waals surface area (Å²) in [6.07, 6.45) is 0. The molecule has 2 N–H and O–H groups in total. The summed E-state index contributed by atoms with van der Waals surface area (Å²) in [5, 5.41) is 16.4. The summed E-state index contributed by atoms with van der Waals surface area (Å²) in [5.41, 5.74) is -6.36. The molecule has 4 nitrogen and oxygen atoms in total. The lowest BCUT2D eigenvalue weighted by atomic mass is 9.99. The molecule has 126 valence electrons. The number of benzene rings is 1. The minimum Gasteiger partial charge on any atom is -0.384 e. The summed E-state index contributed by atoms with van der Waals surface area (Å²) < 4.78 is 61.4. The van der Waals surface area contributed by atoms with E-state index in [1.165, 1.54) is 36.5 Å². The van der Waals surface area contributed by atoms with E-state index >= 15 is 0 Å². The Balaban J connectivity index is 2.29. The van der Waals surface area contributed by atoms with Crippen molar-refractivity contribution >= 4 is 26.9 Å². The van der Waals surface area contributed by atoms with Gasteiger partial charge in [0.25, 0.3) is 9.84 Å². The third kappa shape index (κ3) is 3.67. The molecule has 23 heavy (non-hydrogen) atoms. The molecule has 0 fully saturated rings. The maximum absolute atomic E-state index is 12.7. The first-order valence-electron chi connectivity index (χ1n) is 6.45. The van der Waals surface area contributed by atoms with Crippen molar-refractivity contribution in [2.24, 2.45) is 0 Å². The highest BCUT2D eigenvalue weighted by molar-refractivity contribution is 7.92. The Morgan fingerprint density at radius 1 is 1.22 bits per heavy atom. The zero-order valence-corrected chi connectivity index (χ0v) is 13.6. The monoisotopic (exact) mass is 365 g/mol. The van der Waals surface area contributed by atoms with Gasteiger partial charge >= 0.3 is 5.51 Å². The fourth-order valence-electron chi connectivity index (χ4n) is 1.91. The van der Waals surface area contributed by atoms with E-state index in [1.54, 1.807) is 16.8 Å². The molecular formula is C14H14F3NO3S2. The van der Waals surface area contributed by atoms with Crippen LogP contribution in [0, 0.1) is 0 Å². The Labute approximate surface area is 135 Å². The normalized spacial score (nSPS) is 15.2. The number of para-hydroxylation sites is 1. The largest absolute Gasteiger partial charge is 0.501 e. The topological polar surface area (TPSA) is 66.4 Å². The van der Waals surface area contributed by atoms with Gasteiger partial charge in [0.2, 0.25) is 0 Å². The molecule has 0 aliphatic rings. The van der Waals surface area contributed by atoms with E-state index in [2.05, 4.69) is 5.32 Å². The lowest BCUT2D eigenvalue weighted by Gasteiger charge is -2.24. The maximum atomic E-state index is 12.7. The van der Waals surface area contributed by atoms with Crippen LogP contribution in [0.4, 0.5) is 18.9 Å². The Bertz CT molecular complexity index is 769. The molecule has 0 bridgehead atoms. The van der Waals surface area contributed by atoms with Crippen molar-refractivity contribution in [2.75, 3.05) is 11.9 Å². The molecule has 1 unspecified atom stereocenters. The van der Waals surface area contributed by atoms with Gasteiger partial charge in [-0.25, -0.2) is 8.42 Å². The van der Waals surface area contributed by atoms with Crippen molar-refractivity contribution in [3.63, 3.8) is 0 Å². The molecule has 1 aromatic heterocycles. The van der Waals surface area contributed by atoms with Crippen molar-refractivity contribution in [3.8, 4) is 0 Å². The molecule has 0 aliphatic carbocycles. The second kappa shape index (κ2) is 6.14. The van der Waals surface area contributed by atoms with Crippen molar-refractivity contribution < 1.29 is 26.7 Å². The van der Waals surface area contributed by atoms with Gasteiger partial charge in [-0.3, -0.25) is 0 Å². The van der Waals surface area contributed by atoms with Crippen LogP contribution in [-0.2, 0) is 15.4 Å². The summed E-state index contributed by atoms with van der Waals surface area (Å²) >= 11 is 1.37. The van der Waals surface area contributed by atoms with E-state index in [4.69, 9.17) is 0 Å². The first-order valence-corrected chi connectivity index (χ1v) is 8.87. The highest BCUT2D eigenvalue weighted by Gasteiger charge is 2.48. The standard InChI is InChI=1S/C14H14F3NO3S2/c1-13(19,10-6-7-22-8-10)9-18-11-4-2-3-5-12(11)23(20,21)14(15,16)17/h2-8,18-19H,9H2,1H3. The molecule has 2 rings (SSSR count). The molecule has 0 aliphatic heterocycles. The molecule has 1 heterocycles. The van der Waals surface area contributed by atoms with Crippen molar-refractivity contribution in [2.45, 2.75) is 22.9 Å². The van der Waals surface area contributed by atoms with E-state index in [9.17, 15) is 26.7 Å². The average molecular weight is 365 g/mol. The minimum atomic E-state index is -5.47. The molecule has 9 heteroatoms. The van der Waals surface area contributed by atoms with E-state index in [1.807, 2.05) is 0 Å². The SMILES string of the molecule is CC(O)(CNc1ccccc1S(=O)(=O)C(F)(F)F)c1ccsc1. The lowest BCUT2D eigenvalue weighted by molar-refractivity contribution is -0.0435. The van der Waals surface area contributed by atoms with Gasteiger partial charge in [-0.2, -0.15) is 24.5 Å². The molecule has 1 aromatic carbocycles. The number of hydrogen-bond acceptors (Lipinski definition) is 5. The third-order valence-electron chi connectivity index (χ3n) is 3.25. The molecular weight excluding hydrogens is 351 g/mol. The number of sulfone groups is 1. The van der Waals surface area contributed by atoms with E-state index in [-0.39, 0.29) is 12.2 Å². The van der Waals surface area contributed by atoms with Gasteiger partial charge in [-0.15, -0.1) is 0 Å². The maximum Gasteiger partial charge on any atom is 0.501 e. The van der Waals surface area contributed by atoms with Crippen LogP contribution in [0.25, 0.3) is 0 Å². The van der Waals surface area contributed by atoms with Crippen LogP contribution < -0.4 is 5.32 Å². The molecule has 2 aromatic rings. The fraction of sp³-hybridized carbons (Fsp3) is 0.286. The summed E-state index contributed by atoms with van der Waals surface area (Å²) in [4.78, 5) is -0.867. The highest BCUT2D eigenvalue weighted by Crippen LogP contribution is 2.34. The van der Waals surface area contributed by atoms with Crippen LogP contribution in [0.2, 0.25) is 0 Å². The third-order valence-corrected chi connectivity index (χ3v) is 5.48. The summed E-state index contributed by atoms with van der Waals surface area (Å²) in [5.74, 6) is 0. The number of alkyl halides is 3. The van der Waals surface area contributed by atoms with Gasteiger partial charge in [-0.1, -0.05) is 12.1 Å². The number of hydrogen-bond donors (Lipinski definition) is 2. The fourth-order valence-corrected chi connectivity index (χ4v) is 3.63. The van der Waals surface area contributed by atoms with Crippen molar-refractivity contribution in [1.82, 2.24) is 0 Å².